The van der Waals surface area contributed by atoms with Crippen LogP contribution in [0.15, 0.2) is 0 Å². The van der Waals surface area contributed by atoms with E-state index < -0.39 is 0 Å². The van der Waals surface area contributed by atoms with Crippen molar-refractivity contribution in [2.45, 2.75) is 106 Å². The number of carbonyl (C=O) groups is 2. The Morgan fingerprint density at radius 1 is 1.03 bits per heavy atom. The van der Waals surface area contributed by atoms with E-state index >= 15 is 0 Å². The maximum Gasteiger partial charge on any atom is 0.305 e. The number of fused-ring (bicyclic) bond motifs is 5. The lowest BCUT2D eigenvalue weighted by Crippen LogP contribution is -2.60. The van der Waals surface area contributed by atoms with Gasteiger partial charge in [0.05, 0.1) is 6.61 Å². The first-order valence-corrected chi connectivity index (χ1v) is 13.9. The summed E-state index contributed by atoms with van der Waals surface area (Å²) in [4.78, 5) is 26.0. The molecule has 0 amide bonds. The average molecular weight is 445 g/mol. The van der Waals surface area contributed by atoms with Crippen molar-refractivity contribution in [1.29, 1.82) is 0 Å². The molecule has 0 aromatic heterocycles. The molecule has 0 aliphatic heterocycles. The Hall–Kier alpha value is -0.860. The van der Waals surface area contributed by atoms with Crippen LogP contribution in [0.25, 0.3) is 0 Å². The first-order chi connectivity index (χ1) is 15.2. The van der Waals surface area contributed by atoms with E-state index in [1.165, 1.54) is 44.9 Å². The molecule has 4 aliphatic rings. The van der Waals surface area contributed by atoms with E-state index in [0.717, 1.165) is 18.8 Å². The van der Waals surface area contributed by atoms with Crippen molar-refractivity contribution in [3.8, 4) is 0 Å². The lowest BCUT2D eigenvalue weighted by atomic mass is 9.41. The quantitative estimate of drug-likeness (QED) is 0.411. The molecule has 182 valence electrons. The third-order valence-electron chi connectivity index (χ3n) is 11.3. The van der Waals surface area contributed by atoms with Gasteiger partial charge in [0, 0.05) is 18.3 Å². The topological polar surface area (TPSA) is 43.4 Å². The zero-order valence-corrected chi connectivity index (χ0v) is 21.6. The van der Waals surface area contributed by atoms with E-state index in [9.17, 15) is 9.59 Å². The molecule has 4 aliphatic carbocycles. The summed E-state index contributed by atoms with van der Waals surface area (Å²) in [6.07, 6.45) is 11.4. The summed E-state index contributed by atoms with van der Waals surface area (Å²) in [6, 6.07) is 0. The monoisotopic (exact) mass is 444 g/mol. The third kappa shape index (κ3) is 3.78. The van der Waals surface area contributed by atoms with Crippen LogP contribution < -0.4 is 0 Å². The van der Waals surface area contributed by atoms with Gasteiger partial charge in [0.2, 0.25) is 0 Å². The van der Waals surface area contributed by atoms with Crippen molar-refractivity contribution in [3.63, 3.8) is 0 Å². The van der Waals surface area contributed by atoms with Crippen LogP contribution >= 0.6 is 0 Å². The Labute approximate surface area is 196 Å². The molecule has 4 saturated carbocycles. The number of esters is 1. The van der Waals surface area contributed by atoms with Crippen LogP contribution in [-0.4, -0.2) is 18.4 Å². The first kappa shape index (κ1) is 24.3. The Morgan fingerprint density at radius 2 is 1.72 bits per heavy atom. The van der Waals surface area contributed by atoms with Crippen LogP contribution in [-0.2, 0) is 14.3 Å². The Balaban J connectivity index is 1.56. The van der Waals surface area contributed by atoms with Crippen LogP contribution in [0, 0.1) is 58.2 Å². The minimum atomic E-state index is -0.0542. The highest BCUT2D eigenvalue weighted by molar-refractivity contribution is 5.86. The number of rotatable bonds is 6. The zero-order valence-electron chi connectivity index (χ0n) is 21.6. The second-order valence-electron chi connectivity index (χ2n) is 12.7. The van der Waals surface area contributed by atoms with Gasteiger partial charge >= 0.3 is 5.97 Å². The summed E-state index contributed by atoms with van der Waals surface area (Å²) in [5.41, 5.74) is 0.620. The van der Waals surface area contributed by atoms with Crippen LogP contribution in [0.2, 0.25) is 0 Å². The molecule has 4 rings (SSSR count). The van der Waals surface area contributed by atoms with E-state index in [2.05, 4.69) is 34.6 Å². The number of Topliss-reactive ketones (excluding diaryl/α,β-unsaturated/α-hetero) is 1. The van der Waals surface area contributed by atoms with Crippen molar-refractivity contribution in [3.05, 3.63) is 0 Å². The lowest BCUT2D eigenvalue weighted by molar-refractivity contribution is -0.170. The highest BCUT2D eigenvalue weighted by Crippen LogP contribution is 2.69. The summed E-state index contributed by atoms with van der Waals surface area (Å²) in [5.74, 6) is 4.84. The fourth-order valence-electron chi connectivity index (χ4n) is 9.61. The molecule has 3 heteroatoms. The predicted molar refractivity (Wildman–Crippen MR) is 129 cm³/mol. The number of hydrogen-bond acceptors (Lipinski definition) is 3. The minimum absolute atomic E-state index is 0.0542. The largest absolute Gasteiger partial charge is 0.466 e. The van der Waals surface area contributed by atoms with Crippen molar-refractivity contribution in [2.75, 3.05) is 6.61 Å². The molecule has 10 atom stereocenters. The van der Waals surface area contributed by atoms with Gasteiger partial charge in [-0.2, -0.15) is 0 Å². The molecule has 4 fully saturated rings. The highest BCUT2D eigenvalue weighted by atomic mass is 16.5. The maximum absolute atomic E-state index is 14.1. The Morgan fingerprint density at radius 3 is 2.41 bits per heavy atom. The van der Waals surface area contributed by atoms with Crippen molar-refractivity contribution < 1.29 is 14.3 Å². The van der Waals surface area contributed by atoms with Gasteiger partial charge < -0.3 is 4.74 Å². The maximum atomic E-state index is 14.1. The van der Waals surface area contributed by atoms with Crippen LogP contribution in [0.5, 0.6) is 0 Å². The second-order valence-corrected chi connectivity index (χ2v) is 12.7. The molecule has 3 nitrogen and oxygen atoms in total. The fraction of sp³-hybridized carbons (Fsp3) is 0.931. The number of hydrogen-bond donors (Lipinski definition) is 0. The molecule has 0 heterocycles. The molecule has 0 radical (unpaired) electrons. The van der Waals surface area contributed by atoms with Gasteiger partial charge in [-0.25, -0.2) is 0 Å². The highest BCUT2D eigenvalue weighted by Gasteiger charge is 2.64. The standard InChI is InChI=1S/C29H48O3/c1-7-20-24-17-18(3)13-15-29(24,6)23-14-16-28(5)21(10-11-22(28)26(23)27(20)31)19(4)9-12-25(30)32-8-2/h18-24,26H,7-17H2,1-6H3/t18-,19-,20-,21?,22?,23?,24?,26?,28?,29?/m1/s1. The van der Waals surface area contributed by atoms with Gasteiger partial charge in [0.15, 0.2) is 0 Å². The minimum Gasteiger partial charge on any atom is -0.466 e. The van der Waals surface area contributed by atoms with Crippen molar-refractivity contribution in [1.82, 2.24) is 0 Å². The smallest absolute Gasteiger partial charge is 0.305 e. The molecule has 0 bridgehead atoms. The van der Waals surface area contributed by atoms with E-state index in [1.807, 2.05) is 6.92 Å². The van der Waals surface area contributed by atoms with Gasteiger partial charge in [-0.05, 0) is 105 Å². The van der Waals surface area contributed by atoms with Crippen LogP contribution in [0.4, 0.5) is 0 Å². The van der Waals surface area contributed by atoms with Crippen LogP contribution in [0.1, 0.15) is 106 Å². The van der Waals surface area contributed by atoms with Gasteiger partial charge in [-0.15, -0.1) is 0 Å². The van der Waals surface area contributed by atoms with Crippen molar-refractivity contribution >= 4 is 11.8 Å². The summed E-state index contributed by atoms with van der Waals surface area (Å²) < 4.78 is 5.18. The summed E-state index contributed by atoms with van der Waals surface area (Å²) in [7, 11) is 0. The number of ether oxygens (including phenoxy) is 1. The number of carbonyl (C=O) groups excluding carboxylic acids is 2. The molecular formula is C29H48O3. The Bertz CT molecular complexity index is 715. The van der Waals surface area contributed by atoms with Crippen LogP contribution in [0.3, 0.4) is 0 Å². The molecule has 7 unspecified atom stereocenters. The van der Waals surface area contributed by atoms with Gasteiger partial charge in [0.25, 0.3) is 0 Å². The van der Waals surface area contributed by atoms with Gasteiger partial charge in [-0.3, -0.25) is 9.59 Å². The average Bonchev–Trinajstić information content (AvgIpc) is 3.11. The number of ketones is 1. The SMILES string of the molecule is CCOC(=O)CC[C@@H](C)C1CCC2C3C(=O)[C@H](CC)C4C[C@H](C)CCC4(C)C3CCC21C. The Kier molecular flexibility index (Phi) is 6.87. The lowest BCUT2D eigenvalue weighted by Gasteiger charge is -2.62. The molecular weight excluding hydrogens is 396 g/mol. The molecule has 0 saturated heterocycles. The zero-order chi connectivity index (χ0) is 23.3. The fourth-order valence-corrected chi connectivity index (χ4v) is 9.61. The van der Waals surface area contributed by atoms with E-state index in [1.54, 1.807) is 0 Å². The second kappa shape index (κ2) is 9.06. The molecule has 32 heavy (non-hydrogen) atoms. The van der Waals surface area contributed by atoms with Gasteiger partial charge in [0.1, 0.15) is 5.78 Å². The summed E-state index contributed by atoms with van der Waals surface area (Å²) in [6.45, 7) is 14.5. The first-order valence-electron chi connectivity index (χ1n) is 13.9. The van der Waals surface area contributed by atoms with E-state index in [-0.39, 0.29) is 23.2 Å². The summed E-state index contributed by atoms with van der Waals surface area (Å²) in [5, 5.41) is 0. The third-order valence-corrected chi connectivity index (χ3v) is 11.3. The molecule has 0 aromatic rings. The van der Waals surface area contributed by atoms with Gasteiger partial charge in [-0.1, -0.05) is 41.0 Å². The normalized spacial score (nSPS) is 46.7. The predicted octanol–water partition coefficient (Wildman–Crippen LogP) is 7.08. The van der Waals surface area contributed by atoms with Crippen molar-refractivity contribution in [2.24, 2.45) is 58.2 Å². The van der Waals surface area contributed by atoms with E-state index in [4.69, 9.17) is 4.74 Å². The van der Waals surface area contributed by atoms with E-state index in [0.29, 0.717) is 53.8 Å². The molecule has 0 spiro atoms. The molecule has 0 aromatic carbocycles. The molecule has 0 N–H and O–H groups in total. The summed E-state index contributed by atoms with van der Waals surface area (Å²) >= 11 is 0.